The highest BCUT2D eigenvalue weighted by Crippen LogP contribution is 2.30. The van der Waals surface area contributed by atoms with E-state index in [-0.39, 0.29) is 6.04 Å². The molecular weight excluding hydrogens is 317 g/mol. The molecule has 0 saturated carbocycles. The van der Waals surface area contributed by atoms with Gasteiger partial charge >= 0.3 is 0 Å². The topological polar surface area (TPSA) is 51.4 Å². The second-order valence-corrected chi connectivity index (χ2v) is 5.76. The van der Waals surface area contributed by atoms with Crippen molar-refractivity contribution in [3.8, 4) is 0 Å². The van der Waals surface area contributed by atoms with E-state index in [1.807, 2.05) is 23.1 Å². The number of aryl methyl sites for hydroxylation is 1. The molecule has 104 valence electrons. The van der Waals surface area contributed by atoms with Crippen LogP contribution >= 0.6 is 35.4 Å². The molecule has 1 unspecified atom stereocenters. The summed E-state index contributed by atoms with van der Waals surface area (Å²) in [6, 6.07) is 3.51. The molecule has 0 fully saturated rings. The lowest BCUT2D eigenvalue weighted by Gasteiger charge is -2.13. The summed E-state index contributed by atoms with van der Waals surface area (Å²) in [7, 11) is 1.90. The van der Waals surface area contributed by atoms with E-state index in [0.717, 1.165) is 16.9 Å². The molecule has 0 amide bonds. The summed E-state index contributed by atoms with van der Waals surface area (Å²) >= 11 is 17.5. The Bertz CT molecular complexity index is 847. The lowest BCUT2D eigenvalue weighted by molar-refractivity contribution is 0.581. The highest BCUT2D eigenvalue weighted by molar-refractivity contribution is 7.71. The van der Waals surface area contributed by atoms with E-state index in [0.29, 0.717) is 14.8 Å². The van der Waals surface area contributed by atoms with Crippen molar-refractivity contribution in [2.45, 2.75) is 13.0 Å². The number of imidazole rings is 1. The fourth-order valence-corrected chi connectivity index (χ4v) is 2.98. The number of hydrogen-bond donors (Lipinski definition) is 1. The Morgan fingerprint density at radius 3 is 2.65 bits per heavy atom. The second-order valence-electron chi connectivity index (χ2n) is 4.56. The van der Waals surface area contributed by atoms with E-state index >= 15 is 0 Å². The summed E-state index contributed by atoms with van der Waals surface area (Å²) in [4.78, 5) is 3.13. The first-order valence-electron chi connectivity index (χ1n) is 5.92. The Morgan fingerprint density at radius 2 is 2.00 bits per heavy atom. The van der Waals surface area contributed by atoms with Crippen molar-refractivity contribution >= 4 is 46.5 Å². The number of halogens is 2. The Labute approximate surface area is 130 Å². The van der Waals surface area contributed by atoms with Crippen LogP contribution in [-0.4, -0.2) is 24.3 Å². The molecule has 0 radical (unpaired) electrons. The molecule has 5 nitrogen and oxygen atoms in total. The third-order valence-electron chi connectivity index (χ3n) is 3.27. The molecule has 0 spiro atoms. The van der Waals surface area contributed by atoms with E-state index in [1.54, 1.807) is 18.5 Å². The maximum Gasteiger partial charge on any atom is 0.178 e. The number of aromatic amines is 1. The number of hydrogen-bond acceptors (Lipinski definition) is 3. The zero-order valence-electron chi connectivity index (χ0n) is 10.8. The fraction of sp³-hybridized carbons (Fsp3) is 0.250. The normalized spacial score (nSPS) is 13.0. The summed E-state index contributed by atoms with van der Waals surface area (Å²) < 4.78 is 4.41. The van der Waals surface area contributed by atoms with Crippen LogP contribution in [0.3, 0.4) is 0 Å². The molecule has 1 N–H and O–H groups in total. The molecule has 2 heterocycles. The van der Waals surface area contributed by atoms with E-state index < -0.39 is 0 Å². The van der Waals surface area contributed by atoms with Crippen molar-refractivity contribution in [2.75, 3.05) is 0 Å². The van der Waals surface area contributed by atoms with Gasteiger partial charge in [-0.2, -0.15) is 0 Å². The van der Waals surface area contributed by atoms with Gasteiger partial charge in [-0.1, -0.05) is 23.2 Å². The van der Waals surface area contributed by atoms with Gasteiger partial charge in [-0.15, -0.1) is 10.2 Å². The lowest BCUT2D eigenvalue weighted by Crippen LogP contribution is -2.12. The van der Waals surface area contributed by atoms with Crippen molar-refractivity contribution < 1.29 is 0 Å². The SMILES string of the molecule is CC(c1nncn1C)n1c(=S)[nH]c2cc(Cl)c(Cl)cc21. The molecule has 0 saturated heterocycles. The third kappa shape index (κ3) is 2.04. The summed E-state index contributed by atoms with van der Waals surface area (Å²) in [5, 5.41) is 9.02. The van der Waals surface area contributed by atoms with Gasteiger partial charge in [0, 0.05) is 7.05 Å². The Kier molecular flexibility index (Phi) is 3.32. The highest BCUT2D eigenvalue weighted by atomic mass is 35.5. The van der Waals surface area contributed by atoms with Gasteiger partial charge in [0.2, 0.25) is 0 Å². The zero-order valence-corrected chi connectivity index (χ0v) is 13.1. The van der Waals surface area contributed by atoms with Gasteiger partial charge in [0.1, 0.15) is 6.33 Å². The van der Waals surface area contributed by atoms with Crippen LogP contribution in [0.2, 0.25) is 10.0 Å². The monoisotopic (exact) mass is 327 g/mol. The van der Waals surface area contributed by atoms with Crippen LogP contribution in [-0.2, 0) is 7.05 Å². The molecular formula is C12H11Cl2N5S. The summed E-state index contributed by atoms with van der Waals surface area (Å²) in [5.74, 6) is 0.813. The standard InChI is InChI=1S/C12H11Cl2N5S/c1-6(11-17-15-5-18(11)2)19-10-4-8(14)7(13)3-9(10)16-12(19)20/h3-6H,1-2H3,(H,16,20). The van der Waals surface area contributed by atoms with Crippen molar-refractivity contribution in [2.24, 2.45) is 7.05 Å². The molecule has 0 aliphatic rings. The molecule has 3 rings (SSSR count). The minimum Gasteiger partial charge on any atom is -0.331 e. The summed E-state index contributed by atoms with van der Waals surface area (Å²) in [6.45, 7) is 2.01. The number of H-pyrrole nitrogens is 1. The second kappa shape index (κ2) is 4.87. The number of aromatic nitrogens is 5. The van der Waals surface area contributed by atoms with Crippen molar-refractivity contribution in [3.05, 3.63) is 39.1 Å². The van der Waals surface area contributed by atoms with Gasteiger partial charge in [-0.3, -0.25) is 0 Å². The van der Waals surface area contributed by atoms with E-state index in [2.05, 4.69) is 15.2 Å². The first-order valence-corrected chi connectivity index (χ1v) is 7.08. The van der Waals surface area contributed by atoms with Gasteiger partial charge in [-0.05, 0) is 31.3 Å². The van der Waals surface area contributed by atoms with Crippen LogP contribution in [0.4, 0.5) is 0 Å². The average Bonchev–Trinajstić information content (AvgIpc) is 2.93. The Hall–Kier alpha value is -1.37. The first-order chi connectivity index (χ1) is 9.49. The molecule has 8 heteroatoms. The number of nitrogens with zero attached hydrogens (tertiary/aromatic N) is 4. The van der Waals surface area contributed by atoms with Gasteiger partial charge in [0.15, 0.2) is 10.6 Å². The number of rotatable bonds is 2. The van der Waals surface area contributed by atoms with Crippen LogP contribution in [0, 0.1) is 4.77 Å². The lowest BCUT2D eigenvalue weighted by atomic mass is 10.2. The van der Waals surface area contributed by atoms with Crippen molar-refractivity contribution in [1.82, 2.24) is 24.3 Å². The largest absolute Gasteiger partial charge is 0.331 e. The van der Waals surface area contributed by atoms with Gasteiger partial charge in [-0.25, -0.2) is 0 Å². The minimum atomic E-state index is -0.0685. The predicted molar refractivity (Wildman–Crippen MR) is 82.0 cm³/mol. The van der Waals surface area contributed by atoms with E-state index in [1.165, 1.54) is 0 Å². The van der Waals surface area contributed by atoms with Crippen LogP contribution in [0.1, 0.15) is 18.8 Å². The number of fused-ring (bicyclic) bond motifs is 1. The first kappa shape index (κ1) is 13.6. The van der Waals surface area contributed by atoms with Gasteiger partial charge in [0.25, 0.3) is 0 Å². The summed E-state index contributed by atoms with van der Waals surface area (Å²) in [6.07, 6.45) is 1.66. The molecule has 1 atom stereocenters. The van der Waals surface area contributed by atoms with Crippen LogP contribution in [0.5, 0.6) is 0 Å². The predicted octanol–water partition coefficient (Wildman–Crippen LogP) is 3.74. The number of nitrogens with one attached hydrogen (secondary N) is 1. The quantitative estimate of drug-likeness (QED) is 0.729. The summed E-state index contributed by atoms with van der Waals surface area (Å²) in [5.41, 5.74) is 1.73. The van der Waals surface area contributed by atoms with Crippen LogP contribution in [0.15, 0.2) is 18.5 Å². The maximum atomic E-state index is 6.10. The minimum absolute atomic E-state index is 0.0685. The fourth-order valence-electron chi connectivity index (χ4n) is 2.29. The van der Waals surface area contributed by atoms with Crippen molar-refractivity contribution in [1.29, 1.82) is 0 Å². The Morgan fingerprint density at radius 1 is 1.30 bits per heavy atom. The zero-order chi connectivity index (χ0) is 14.4. The molecule has 0 aliphatic heterocycles. The molecule has 1 aromatic carbocycles. The van der Waals surface area contributed by atoms with Crippen LogP contribution < -0.4 is 0 Å². The Balaban J connectivity index is 2.26. The highest BCUT2D eigenvalue weighted by Gasteiger charge is 2.18. The van der Waals surface area contributed by atoms with Gasteiger partial charge < -0.3 is 14.1 Å². The van der Waals surface area contributed by atoms with Crippen LogP contribution in [0.25, 0.3) is 11.0 Å². The third-order valence-corrected chi connectivity index (χ3v) is 4.29. The molecule has 3 aromatic rings. The van der Waals surface area contributed by atoms with E-state index in [4.69, 9.17) is 35.4 Å². The van der Waals surface area contributed by atoms with Crippen molar-refractivity contribution in [3.63, 3.8) is 0 Å². The van der Waals surface area contributed by atoms with E-state index in [9.17, 15) is 0 Å². The molecule has 0 aliphatic carbocycles. The maximum absolute atomic E-state index is 6.10. The average molecular weight is 328 g/mol. The number of benzene rings is 1. The molecule has 0 bridgehead atoms. The smallest absolute Gasteiger partial charge is 0.178 e. The van der Waals surface area contributed by atoms with Gasteiger partial charge in [0.05, 0.1) is 27.1 Å². The molecule has 20 heavy (non-hydrogen) atoms. The molecule has 2 aromatic heterocycles.